The second-order valence-electron chi connectivity index (χ2n) is 6.75. The Bertz CT molecular complexity index is 1160. The summed E-state index contributed by atoms with van der Waals surface area (Å²) < 4.78 is 18.9. The number of nitrogens with zero attached hydrogens (tertiary/aromatic N) is 1. The highest BCUT2D eigenvalue weighted by Gasteiger charge is 2.24. The Hall–Kier alpha value is -3.47. The number of nitrogens with one attached hydrogen (secondary N) is 1. The van der Waals surface area contributed by atoms with Crippen LogP contribution in [0.3, 0.4) is 0 Å². The molecule has 1 aromatic heterocycles. The SMILES string of the molecule is Cc1noc(-c2cccc(F)c2)c1C(=O)N[C@@H](C)c1cccc2ccccc12. The van der Waals surface area contributed by atoms with Gasteiger partial charge >= 0.3 is 0 Å². The lowest BCUT2D eigenvalue weighted by Crippen LogP contribution is -2.27. The summed E-state index contributed by atoms with van der Waals surface area (Å²) in [5, 5.41) is 9.14. The fourth-order valence-electron chi connectivity index (χ4n) is 3.44. The van der Waals surface area contributed by atoms with E-state index in [9.17, 15) is 9.18 Å². The topological polar surface area (TPSA) is 55.1 Å². The van der Waals surface area contributed by atoms with Crippen LogP contribution in [0.15, 0.2) is 71.3 Å². The Morgan fingerprint density at radius 3 is 2.64 bits per heavy atom. The van der Waals surface area contributed by atoms with Crippen LogP contribution in [0.1, 0.15) is 34.6 Å². The zero-order valence-electron chi connectivity index (χ0n) is 15.6. The van der Waals surface area contributed by atoms with Crippen LogP contribution in [0, 0.1) is 12.7 Å². The number of benzene rings is 3. The number of halogens is 1. The van der Waals surface area contributed by atoms with Crippen LogP contribution >= 0.6 is 0 Å². The minimum Gasteiger partial charge on any atom is -0.355 e. The third kappa shape index (κ3) is 3.27. The van der Waals surface area contributed by atoms with Gasteiger partial charge in [-0.15, -0.1) is 0 Å². The normalized spacial score (nSPS) is 12.1. The quantitative estimate of drug-likeness (QED) is 0.518. The first-order valence-electron chi connectivity index (χ1n) is 9.05. The maximum absolute atomic E-state index is 13.6. The van der Waals surface area contributed by atoms with Crippen LogP contribution in [0.25, 0.3) is 22.1 Å². The van der Waals surface area contributed by atoms with E-state index in [2.05, 4.69) is 10.5 Å². The van der Waals surface area contributed by atoms with Gasteiger partial charge < -0.3 is 9.84 Å². The van der Waals surface area contributed by atoms with Crippen LogP contribution in [0.5, 0.6) is 0 Å². The van der Waals surface area contributed by atoms with Crippen molar-refractivity contribution in [2.45, 2.75) is 19.9 Å². The van der Waals surface area contributed by atoms with Crippen molar-refractivity contribution in [2.75, 3.05) is 0 Å². The van der Waals surface area contributed by atoms with E-state index >= 15 is 0 Å². The van der Waals surface area contributed by atoms with E-state index in [-0.39, 0.29) is 17.7 Å². The molecule has 4 rings (SSSR count). The molecule has 4 nitrogen and oxygen atoms in total. The molecule has 1 heterocycles. The Labute approximate surface area is 162 Å². The van der Waals surface area contributed by atoms with Gasteiger partial charge in [-0.1, -0.05) is 59.8 Å². The molecule has 3 aromatic carbocycles. The number of fused-ring (bicyclic) bond motifs is 1. The minimum atomic E-state index is -0.401. The van der Waals surface area contributed by atoms with E-state index in [0.717, 1.165) is 16.3 Å². The fourth-order valence-corrected chi connectivity index (χ4v) is 3.44. The molecular formula is C23H19FN2O2. The van der Waals surface area contributed by atoms with Gasteiger partial charge in [-0.2, -0.15) is 0 Å². The Morgan fingerprint density at radius 2 is 1.82 bits per heavy atom. The lowest BCUT2D eigenvalue weighted by Gasteiger charge is -2.17. The van der Waals surface area contributed by atoms with Crippen LogP contribution in [0.2, 0.25) is 0 Å². The van der Waals surface area contributed by atoms with Gasteiger partial charge in [0.2, 0.25) is 0 Å². The van der Waals surface area contributed by atoms with Gasteiger partial charge in [-0.05, 0) is 42.3 Å². The predicted molar refractivity (Wildman–Crippen MR) is 106 cm³/mol. The number of amides is 1. The number of aromatic nitrogens is 1. The summed E-state index contributed by atoms with van der Waals surface area (Å²) in [5.74, 6) is -0.444. The third-order valence-electron chi connectivity index (χ3n) is 4.81. The van der Waals surface area contributed by atoms with Gasteiger partial charge in [0.25, 0.3) is 5.91 Å². The van der Waals surface area contributed by atoms with E-state index in [1.807, 2.05) is 49.4 Å². The van der Waals surface area contributed by atoms with Crippen molar-refractivity contribution in [3.05, 3.63) is 89.4 Å². The fraction of sp³-hybridized carbons (Fsp3) is 0.130. The lowest BCUT2D eigenvalue weighted by atomic mass is 9.99. The molecule has 28 heavy (non-hydrogen) atoms. The molecule has 0 aliphatic rings. The molecule has 1 N–H and O–H groups in total. The number of hydrogen-bond donors (Lipinski definition) is 1. The maximum atomic E-state index is 13.6. The molecule has 4 aromatic rings. The summed E-state index contributed by atoms with van der Waals surface area (Å²) in [6.45, 7) is 3.63. The second-order valence-corrected chi connectivity index (χ2v) is 6.75. The van der Waals surface area contributed by atoms with Crippen molar-refractivity contribution in [3.63, 3.8) is 0 Å². The zero-order chi connectivity index (χ0) is 19.7. The molecule has 0 saturated carbocycles. The first-order valence-corrected chi connectivity index (χ1v) is 9.05. The first kappa shape index (κ1) is 17.9. The molecule has 0 bridgehead atoms. The highest BCUT2D eigenvalue weighted by molar-refractivity contribution is 6.01. The molecular weight excluding hydrogens is 355 g/mol. The second kappa shape index (κ2) is 7.27. The van der Waals surface area contributed by atoms with E-state index in [4.69, 9.17) is 4.52 Å². The molecule has 140 valence electrons. The van der Waals surface area contributed by atoms with E-state index in [1.54, 1.807) is 19.1 Å². The molecule has 0 spiro atoms. The van der Waals surface area contributed by atoms with Gasteiger partial charge in [0.15, 0.2) is 5.76 Å². The highest BCUT2D eigenvalue weighted by Crippen LogP contribution is 2.28. The number of carbonyl (C=O) groups excluding carboxylic acids is 1. The van der Waals surface area contributed by atoms with E-state index < -0.39 is 5.82 Å². The molecule has 0 saturated heterocycles. The smallest absolute Gasteiger partial charge is 0.257 e. The Morgan fingerprint density at radius 1 is 1.07 bits per heavy atom. The Kier molecular flexibility index (Phi) is 4.65. The van der Waals surface area contributed by atoms with Crippen LogP contribution in [-0.2, 0) is 0 Å². The number of aryl methyl sites for hydroxylation is 1. The predicted octanol–water partition coefficient (Wildman–Crippen LogP) is 5.43. The summed E-state index contributed by atoms with van der Waals surface area (Å²) in [6.07, 6.45) is 0. The standard InChI is InChI=1S/C23H19FN2O2/c1-14(19-12-6-8-16-7-3-4-11-20(16)19)25-23(27)21-15(2)26-28-22(21)17-9-5-10-18(24)13-17/h3-14H,1-2H3,(H,25,27)/t14-/m0/s1. The molecule has 5 heteroatoms. The van der Waals surface area contributed by atoms with Crippen LogP contribution in [0.4, 0.5) is 4.39 Å². The molecule has 1 amide bonds. The largest absolute Gasteiger partial charge is 0.355 e. The number of carbonyl (C=O) groups is 1. The van der Waals surface area contributed by atoms with Gasteiger partial charge in [-0.3, -0.25) is 4.79 Å². The summed E-state index contributed by atoms with van der Waals surface area (Å²) in [7, 11) is 0. The molecule has 1 atom stereocenters. The van der Waals surface area contributed by atoms with Crippen molar-refractivity contribution < 1.29 is 13.7 Å². The molecule has 0 aliphatic carbocycles. The number of hydrogen-bond acceptors (Lipinski definition) is 3. The molecule has 0 radical (unpaired) electrons. The third-order valence-corrected chi connectivity index (χ3v) is 4.81. The summed E-state index contributed by atoms with van der Waals surface area (Å²) in [5.41, 5.74) is 2.27. The van der Waals surface area contributed by atoms with Gasteiger partial charge in [0.1, 0.15) is 11.4 Å². The maximum Gasteiger partial charge on any atom is 0.257 e. The van der Waals surface area contributed by atoms with Crippen molar-refractivity contribution in [1.82, 2.24) is 10.5 Å². The molecule has 0 aliphatic heterocycles. The highest BCUT2D eigenvalue weighted by atomic mass is 19.1. The van der Waals surface area contributed by atoms with Gasteiger partial charge in [0, 0.05) is 5.56 Å². The average molecular weight is 374 g/mol. The lowest BCUT2D eigenvalue weighted by molar-refractivity contribution is 0.0940. The monoisotopic (exact) mass is 374 g/mol. The molecule has 0 unspecified atom stereocenters. The van der Waals surface area contributed by atoms with Crippen LogP contribution < -0.4 is 5.32 Å². The molecule has 0 fully saturated rings. The van der Waals surface area contributed by atoms with Crippen molar-refractivity contribution in [3.8, 4) is 11.3 Å². The Balaban J connectivity index is 1.67. The van der Waals surface area contributed by atoms with Crippen molar-refractivity contribution in [2.24, 2.45) is 0 Å². The average Bonchev–Trinajstić information content (AvgIpc) is 3.09. The van der Waals surface area contributed by atoms with Gasteiger partial charge in [0.05, 0.1) is 11.7 Å². The minimum absolute atomic E-state index is 0.228. The summed E-state index contributed by atoms with van der Waals surface area (Å²) >= 11 is 0. The zero-order valence-corrected chi connectivity index (χ0v) is 15.6. The van der Waals surface area contributed by atoms with Gasteiger partial charge in [-0.25, -0.2) is 4.39 Å². The van der Waals surface area contributed by atoms with Crippen molar-refractivity contribution >= 4 is 16.7 Å². The first-order chi connectivity index (χ1) is 13.5. The van der Waals surface area contributed by atoms with E-state index in [0.29, 0.717) is 16.8 Å². The number of rotatable bonds is 4. The van der Waals surface area contributed by atoms with Crippen LogP contribution in [-0.4, -0.2) is 11.1 Å². The summed E-state index contributed by atoms with van der Waals surface area (Å²) in [6, 6.07) is 19.8. The summed E-state index contributed by atoms with van der Waals surface area (Å²) in [4.78, 5) is 13.0. The van der Waals surface area contributed by atoms with E-state index in [1.165, 1.54) is 12.1 Å². The van der Waals surface area contributed by atoms with Crippen molar-refractivity contribution in [1.29, 1.82) is 0 Å².